The molecule has 0 radical (unpaired) electrons. The molecule has 2 rings (SSSR count). The van der Waals surface area contributed by atoms with Gasteiger partial charge in [0.05, 0.1) is 6.04 Å². The topological polar surface area (TPSA) is 58.4 Å². The summed E-state index contributed by atoms with van der Waals surface area (Å²) in [7, 11) is 0. The van der Waals surface area contributed by atoms with Gasteiger partial charge in [-0.1, -0.05) is 18.6 Å². The van der Waals surface area contributed by atoms with Gasteiger partial charge in [-0.2, -0.15) is 0 Å². The summed E-state index contributed by atoms with van der Waals surface area (Å²) in [5.41, 5.74) is 7.14. The number of carbonyl (C=O) groups excluding carboxylic acids is 1. The second-order valence-electron chi connectivity index (χ2n) is 5.69. The summed E-state index contributed by atoms with van der Waals surface area (Å²) in [6, 6.07) is 7.67. The highest BCUT2D eigenvalue weighted by atomic mass is 32.1. The van der Waals surface area contributed by atoms with Crippen molar-refractivity contribution in [3.05, 3.63) is 29.8 Å². The number of nitrogens with zero attached hydrogens (tertiary/aromatic N) is 1. The lowest BCUT2D eigenvalue weighted by Crippen LogP contribution is -2.48. The lowest BCUT2D eigenvalue weighted by Gasteiger charge is -2.37. The van der Waals surface area contributed by atoms with E-state index in [0.29, 0.717) is 11.0 Å². The molecule has 1 aromatic carbocycles. The molecule has 1 fully saturated rings. The van der Waals surface area contributed by atoms with Crippen LogP contribution in [0.15, 0.2) is 24.3 Å². The molecule has 2 atom stereocenters. The van der Waals surface area contributed by atoms with E-state index in [1.165, 1.54) is 19.3 Å². The first-order chi connectivity index (χ1) is 9.99. The molecule has 0 saturated carbocycles. The minimum absolute atomic E-state index is 0.0341. The van der Waals surface area contributed by atoms with Gasteiger partial charge in [0.2, 0.25) is 5.91 Å². The maximum absolute atomic E-state index is 12.4. The minimum atomic E-state index is -0.115. The molecule has 5 heteroatoms. The second kappa shape index (κ2) is 7.00. The Labute approximate surface area is 131 Å². The molecular weight excluding hydrogens is 282 g/mol. The number of amides is 1. The van der Waals surface area contributed by atoms with Crippen LogP contribution >= 0.6 is 12.2 Å². The van der Waals surface area contributed by atoms with Crippen LogP contribution < -0.4 is 11.1 Å². The van der Waals surface area contributed by atoms with E-state index in [0.717, 1.165) is 17.8 Å². The van der Waals surface area contributed by atoms with Crippen molar-refractivity contribution in [3.63, 3.8) is 0 Å². The largest absolute Gasteiger partial charge is 0.389 e. The number of piperidine rings is 1. The van der Waals surface area contributed by atoms with E-state index in [1.807, 2.05) is 31.2 Å². The third-order valence-electron chi connectivity index (χ3n) is 4.17. The van der Waals surface area contributed by atoms with Crippen LogP contribution in [0, 0.1) is 0 Å². The maximum Gasteiger partial charge on any atom is 0.241 e. The number of hydrogen-bond donors (Lipinski definition) is 2. The SMILES string of the molecule is CC1CCCCN1C(C)C(=O)Nc1ccc(C(N)=S)cc1. The second-order valence-corrected chi connectivity index (χ2v) is 6.13. The van der Waals surface area contributed by atoms with Crippen LogP contribution in [0.25, 0.3) is 0 Å². The summed E-state index contributed by atoms with van der Waals surface area (Å²) in [6.07, 6.45) is 3.59. The fourth-order valence-corrected chi connectivity index (χ4v) is 2.95. The van der Waals surface area contributed by atoms with Gasteiger partial charge in [0.25, 0.3) is 0 Å². The van der Waals surface area contributed by atoms with Gasteiger partial charge in [-0.05, 0) is 57.5 Å². The molecule has 1 amide bonds. The standard InChI is InChI=1S/C16H23N3OS/c1-11-5-3-4-10-19(11)12(2)16(20)18-14-8-6-13(7-9-14)15(17)21/h6-9,11-12H,3-5,10H2,1-2H3,(H2,17,21)(H,18,20). The van der Waals surface area contributed by atoms with Gasteiger partial charge in [-0.15, -0.1) is 0 Å². The van der Waals surface area contributed by atoms with Crippen LogP contribution in [-0.4, -0.2) is 34.4 Å². The van der Waals surface area contributed by atoms with Crippen LogP contribution in [-0.2, 0) is 4.79 Å². The molecule has 1 heterocycles. The summed E-state index contributed by atoms with van der Waals surface area (Å²) in [5, 5.41) is 2.96. The summed E-state index contributed by atoms with van der Waals surface area (Å²) in [6.45, 7) is 5.16. The lowest BCUT2D eigenvalue weighted by atomic mass is 10.0. The van der Waals surface area contributed by atoms with E-state index in [-0.39, 0.29) is 11.9 Å². The highest BCUT2D eigenvalue weighted by Crippen LogP contribution is 2.20. The summed E-state index contributed by atoms with van der Waals surface area (Å²) < 4.78 is 0. The van der Waals surface area contributed by atoms with Gasteiger partial charge in [-0.3, -0.25) is 9.69 Å². The predicted molar refractivity (Wildman–Crippen MR) is 90.4 cm³/mol. The first kappa shape index (κ1) is 15.9. The van der Waals surface area contributed by atoms with Crippen LogP contribution in [0.2, 0.25) is 0 Å². The Morgan fingerprint density at radius 1 is 1.38 bits per heavy atom. The van der Waals surface area contributed by atoms with Gasteiger partial charge < -0.3 is 11.1 Å². The monoisotopic (exact) mass is 305 g/mol. The van der Waals surface area contributed by atoms with Crippen molar-refractivity contribution in [1.29, 1.82) is 0 Å². The average molecular weight is 305 g/mol. The first-order valence-corrected chi connectivity index (χ1v) is 7.86. The summed E-state index contributed by atoms with van der Waals surface area (Å²) in [4.78, 5) is 15.0. The van der Waals surface area contributed by atoms with E-state index in [1.54, 1.807) is 0 Å². The van der Waals surface area contributed by atoms with E-state index in [4.69, 9.17) is 18.0 Å². The Hall–Kier alpha value is -1.46. The molecule has 2 unspecified atom stereocenters. The van der Waals surface area contributed by atoms with Crippen LogP contribution in [0.1, 0.15) is 38.7 Å². The van der Waals surface area contributed by atoms with Crippen molar-refractivity contribution >= 4 is 28.8 Å². The zero-order valence-electron chi connectivity index (χ0n) is 12.6. The number of rotatable bonds is 4. The number of carbonyl (C=O) groups is 1. The number of benzene rings is 1. The molecule has 1 aliphatic rings. The summed E-state index contributed by atoms with van der Waals surface area (Å²) in [5.74, 6) is 0.0341. The molecule has 21 heavy (non-hydrogen) atoms. The highest BCUT2D eigenvalue weighted by molar-refractivity contribution is 7.80. The Balaban J connectivity index is 1.98. The van der Waals surface area contributed by atoms with Crippen molar-refractivity contribution in [2.24, 2.45) is 5.73 Å². The van der Waals surface area contributed by atoms with Gasteiger partial charge in [0, 0.05) is 17.3 Å². The molecule has 0 aliphatic carbocycles. The Kier molecular flexibility index (Phi) is 5.31. The molecule has 0 bridgehead atoms. The van der Waals surface area contributed by atoms with Crippen molar-refractivity contribution in [3.8, 4) is 0 Å². The molecule has 4 nitrogen and oxygen atoms in total. The summed E-state index contributed by atoms with van der Waals surface area (Å²) >= 11 is 4.92. The predicted octanol–water partition coefficient (Wildman–Crippen LogP) is 2.52. The number of hydrogen-bond acceptors (Lipinski definition) is 3. The van der Waals surface area contributed by atoms with E-state index in [9.17, 15) is 4.79 Å². The van der Waals surface area contributed by atoms with Gasteiger partial charge in [-0.25, -0.2) is 0 Å². The quantitative estimate of drug-likeness (QED) is 0.839. The Morgan fingerprint density at radius 2 is 2.05 bits per heavy atom. The van der Waals surface area contributed by atoms with E-state index >= 15 is 0 Å². The Bertz CT molecular complexity index is 515. The normalized spacial score (nSPS) is 20.8. The maximum atomic E-state index is 12.4. The average Bonchev–Trinajstić information content (AvgIpc) is 2.47. The lowest BCUT2D eigenvalue weighted by molar-refractivity contribution is -0.122. The molecular formula is C16H23N3OS. The number of anilines is 1. The molecule has 1 aliphatic heterocycles. The smallest absolute Gasteiger partial charge is 0.241 e. The number of likely N-dealkylation sites (tertiary alicyclic amines) is 1. The molecule has 1 saturated heterocycles. The van der Waals surface area contributed by atoms with Gasteiger partial charge in [0.1, 0.15) is 4.99 Å². The Morgan fingerprint density at radius 3 is 2.62 bits per heavy atom. The zero-order chi connectivity index (χ0) is 15.4. The van der Waals surface area contributed by atoms with Crippen LogP contribution in [0.3, 0.4) is 0 Å². The van der Waals surface area contributed by atoms with Gasteiger partial charge in [0.15, 0.2) is 0 Å². The molecule has 1 aromatic rings. The van der Waals surface area contributed by atoms with Crippen molar-refractivity contribution in [1.82, 2.24) is 4.90 Å². The van der Waals surface area contributed by atoms with E-state index < -0.39 is 0 Å². The number of nitrogens with one attached hydrogen (secondary N) is 1. The van der Waals surface area contributed by atoms with Crippen LogP contribution in [0.4, 0.5) is 5.69 Å². The van der Waals surface area contributed by atoms with Crippen molar-refractivity contribution < 1.29 is 4.79 Å². The fraction of sp³-hybridized carbons (Fsp3) is 0.500. The molecule has 0 spiro atoms. The van der Waals surface area contributed by atoms with E-state index in [2.05, 4.69) is 17.1 Å². The van der Waals surface area contributed by atoms with Crippen molar-refractivity contribution in [2.45, 2.75) is 45.2 Å². The number of nitrogens with two attached hydrogens (primary N) is 1. The molecule has 0 aromatic heterocycles. The van der Waals surface area contributed by atoms with Gasteiger partial charge >= 0.3 is 0 Å². The first-order valence-electron chi connectivity index (χ1n) is 7.45. The molecule has 3 N–H and O–H groups in total. The number of thiocarbonyl (C=S) groups is 1. The molecule has 114 valence electrons. The highest BCUT2D eigenvalue weighted by Gasteiger charge is 2.27. The minimum Gasteiger partial charge on any atom is -0.389 e. The van der Waals surface area contributed by atoms with Crippen molar-refractivity contribution in [2.75, 3.05) is 11.9 Å². The third-order valence-corrected chi connectivity index (χ3v) is 4.40. The third kappa shape index (κ3) is 4.02. The fourth-order valence-electron chi connectivity index (χ4n) is 2.81. The van der Waals surface area contributed by atoms with Crippen LogP contribution in [0.5, 0.6) is 0 Å². The zero-order valence-corrected chi connectivity index (χ0v) is 13.5.